The summed E-state index contributed by atoms with van der Waals surface area (Å²) in [5.41, 5.74) is 10.00. The Bertz CT molecular complexity index is 1410. The van der Waals surface area contributed by atoms with Gasteiger partial charge >= 0.3 is 0 Å². The maximum absolute atomic E-state index is 13.9. The van der Waals surface area contributed by atoms with Crippen molar-refractivity contribution in [3.63, 3.8) is 0 Å². The second-order valence-electron chi connectivity index (χ2n) is 10.1. The molecule has 2 N–H and O–H groups in total. The number of amides is 2. The molecular weight excluding hydrogens is 534 g/mol. The minimum atomic E-state index is -0.195. The van der Waals surface area contributed by atoms with Gasteiger partial charge in [-0.15, -0.1) is 11.3 Å². The first-order chi connectivity index (χ1) is 20.0. The van der Waals surface area contributed by atoms with E-state index < -0.39 is 0 Å². The molecule has 212 valence electrons. The number of morpholine rings is 1. The number of carbonyl (C=O) groups is 2. The van der Waals surface area contributed by atoms with Crippen LogP contribution in [0.5, 0.6) is 0 Å². The Morgan fingerprint density at radius 3 is 2.05 bits per heavy atom. The highest BCUT2D eigenvalue weighted by Crippen LogP contribution is 2.24. The van der Waals surface area contributed by atoms with E-state index in [1.807, 2.05) is 83.1 Å². The Hall–Kier alpha value is -4.05. The number of thiazole rings is 1. The zero-order valence-electron chi connectivity index (χ0n) is 23.0. The number of carbonyl (C=O) groups excluding carboxylic acids is 2. The van der Waals surface area contributed by atoms with Gasteiger partial charge < -0.3 is 20.3 Å². The van der Waals surface area contributed by atoms with Gasteiger partial charge in [0.1, 0.15) is 6.54 Å². The lowest BCUT2D eigenvalue weighted by Gasteiger charge is -2.32. The number of ether oxygens (including phenoxy) is 1. The quantitative estimate of drug-likeness (QED) is 0.288. The number of hydrogen-bond acceptors (Lipinski definition) is 7. The SMILES string of the molecule is Nc1nc(-c2ccc(C(=O)N(CC(=O)N(CCN3CCOCC3)Cc3ccccc3)Cc3ccccc3)cc2)cs1. The monoisotopic (exact) mass is 569 g/mol. The van der Waals surface area contributed by atoms with Gasteiger partial charge in [0, 0.05) is 55.8 Å². The molecule has 41 heavy (non-hydrogen) atoms. The van der Waals surface area contributed by atoms with Crippen LogP contribution in [0.4, 0.5) is 5.13 Å². The molecule has 1 aromatic heterocycles. The Labute approximate surface area is 245 Å². The van der Waals surface area contributed by atoms with Crippen LogP contribution < -0.4 is 5.73 Å². The highest BCUT2D eigenvalue weighted by Gasteiger charge is 2.24. The Balaban J connectivity index is 1.34. The van der Waals surface area contributed by atoms with Gasteiger partial charge in [-0.2, -0.15) is 0 Å². The minimum absolute atomic E-state index is 0.0198. The predicted molar refractivity (Wildman–Crippen MR) is 162 cm³/mol. The summed E-state index contributed by atoms with van der Waals surface area (Å²) in [6, 6.07) is 27.1. The number of nitrogens with two attached hydrogens (primary N) is 1. The van der Waals surface area contributed by atoms with E-state index in [-0.39, 0.29) is 18.4 Å². The molecule has 0 aliphatic carbocycles. The number of benzene rings is 3. The molecule has 0 saturated carbocycles. The molecule has 5 rings (SSSR count). The van der Waals surface area contributed by atoms with E-state index in [0.29, 0.717) is 43.5 Å². The number of anilines is 1. The number of rotatable bonds is 11. The van der Waals surface area contributed by atoms with E-state index in [1.54, 1.807) is 17.0 Å². The Kier molecular flexibility index (Phi) is 9.74. The molecule has 0 bridgehead atoms. The number of nitrogens with zero attached hydrogens (tertiary/aromatic N) is 4. The summed E-state index contributed by atoms with van der Waals surface area (Å²) in [7, 11) is 0. The molecule has 4 aromatic rings. The third kappa shape index (κ3) is 8.00. The average molecular weight is 570 g/mol. The average Bonchev–Trinajstić information content (AvgIpc) is 3.46. The van der Waals surface area contributed by atoms with Crippen molar-refractivity contribution in [3.05, 3.63) is 107 Å². The first-order valence-electron chi connectivity index (χ1n) is 13.8. The van der Waals surface area contributed by atoms with Crippen molar-refractivity contribution in [2.75, 3.05) is 51.7 Å². The molecular formula is C32H35N5O3S. The van der Waals surface area contributed by atoms with Crippen molar-refractivity contribution in [3.8, 4) is 11.3 Å². The van der Waals surface area contributed by atoms with Gasteiger partial charge in [0.2, 0.25) is 5.91 Å². The second-order valence-corrected chi connectivity index (χ2v) is 10.9. The smallest absolute Gasteiger partial charge is 0.254 e. The van der Waals surface area contributed by atoms with Crippen LogP contribution in [-0.2, 0) is 22.6 Å². The summed E-state index contributed by atoms with van der Waals surface area (Å²) in [5, 5.41) is 2.39. The van der Waals surface area contributed by atoms with E-state index in [0.717, 1.165) is 42.0 Å². The van der Waals surface area contributed by atoms with E-state index in [1.165, 1.54) is 11.3 Å². The molecule has 2 amide bonds. The molecule has 3 aromatic carbocycles. The molecule has 0 unspecified atom stereocenters. The van der Waals surface area contributed by atoms with Gasteiger partial charge in [-0.05, 0) is 23.3 Å². The second kappa shape index (κ2) is 14.0. The van der Waals surface area contributed by atoms with E-state index in [2.05, 4.69) is 9.88 Å². The number of nitrogen functional groups attached to an aromatic ring is 1. The molecule has 8 nitrogen and oxygen atoms in total. The van der Waals surface area contributed by atoms with Crippen molar-refractivity contribution in [1.82, 2.24) is 19.7 Å². The zero-order valence-corrected chi connectivity index (χ0v) is 23.8. The van der Waals surface area contributed by atoms with E-state index in [9.17, 15) is 9.59 Å². The molecule has 1 fully saturated rings. The lowest BCUT2D eigenvalue weighted by molar-refractivity contribution is -0.133. The molecule has 1 saturated heterocycles. The van der Waals surface area contributed by atoms with Gasteiger partial charge in [-0.25, -0.2) is 4.98 Å². The summed E-state index contributed by atoms with van der Waals surface area (Å²) in [6.45, 7) is 5.27. The van der Waals surface area contributed by atoms with Crippen molar-refractivity contribution < 1.29 is 14.3 Å². The van der Waals surface area contributed by atoms with Crippen LogP contribution in [0.1, 0.15) is 21.5 Å². The predicted octanol–water partition coefficient (Wildman–Crippen LogP) is 4.40. The van der Waals surface area contributed by atoms with Gasteiger partial charge in [0.15, 0.2) is 5.13 Å². The highest BCUT2D eigenvalue weighted by atomic mass is 32.1. The Morgan fingerprint density at radius 1 is 0.854 bits per heavy atom. The largest absolute Gasteiger partial charge is 0.379 e. The van der Waals surface area contributed by atoms with Crippen LogP contribution in [0, 0.1) is 0 Å². The molecule has 0 radical (unpaired) electrons. The van der Waals surface area contributed by atoms with Crippen LogP contribution in [-0.4, -0.2) is 77.4 Å². The van der Waals surface area contributed by atoms with Crippen LogP contribution >= 0.6 is 11.3 Å². The third-order valence-electron chi connectivity index (χ3n) is 7.14. The lowest BCUT2D eigenvalue weighted by atomic mass is 10.1. The van der Waals surface area contributed by atoms with Crippen molar-refractivity contribution in [2.45, 2.75) is 13.1 Å². The van der Waals surface area contributed by atoms with Gasteiger partial charge in [0.05, 0.1) is 18.9 Å². The fourth-order valence-corrected chi connectivity index (χ4v) is 5.41. The Morgan fingerprint density at radius 2 is 1.46 bits per heavy atom. The van der Waals surface area contributed by atoms with E-state index >= 15 is 0 Å². The minimum Gasteiger partial charge on any atom is -0.379 e. The van der Waals surface area contributed by atoms with Gasteiger partial charge in [-0.1, -0.05) is 72.8 Å². The van der Waals surface area contributed by atoms with Gasteiger partial charge in [0.25, 0.3) is 5.91 Å². The topological polar surface area (TPSA) is 92.0 Å². The molecule has 0 spiro atoms. The van der Waals surface area contributed by atoms with Crippen LogP contribution in [0.25, 0.3) is 11.3 Å². The summed E-state index contributed by atoms with van der Waals surface area (Å²) < 4.78 is 5.49. The lowest BCUT2D eigenvalue weighted by Crippen LogP contribution is -2.46. The molecule has 1 aliphatic heterocycles. The van der Waals surface area contributed by atoms with Gasteiger partial charge in [-0.3, -0.25) is 14.5 Å². The summed E-state index contributed by atoms with van der Waals surface area (Å²) in [6.07, 6.45) is 0. The normalized spacial score (nSPS) is 13.6. The van der Waals surface area contributed by atoms with Crippen molar-refractivity contribution in [1.29, 1.82) is 0 Å². The fraction of sp³-hybridized carbons (Fsp3) is 0.281. The first-order valence-corrected chi connectivity index (χ1v) is 14.7. The first kappa shape index (κ1) is 28.5. The maximum atomic E-state index is 13.9. The number of hydrogen-bond donors (Lipinski definition) is 1. The molecule has 1 aliphatic rings. The van der Waals surface area contributed by atoms with E-state index in [4.69, 9.17) is 10.5 Å². The maximum Gasteiger partial charge on any atom is 0.254 e. The standard InChI is InChI=1S/C32H35N5O3S/c33-32-34-29(24-41-32)27-11-13-28(14-12-27)31(39)37(22-26-9-5-2-6-10-26)23-30(38)36(21-25-7-3-1-4-8-25)16-15-35-17-19-40-20-18-35/h1-14,24H,15-23H2,(H2,33,34). The highest BCUT2D eigenvalue weighted by molar-refractivity contribution is 7.13. The van der Waals surface area contributed by atoms with Crippen molar-refractivity contribution >= 4 is 28.3 Å². The summed E-state index contributed by atoms with van der Waals surface area (Å²) in [4.78, 5) is 37.8. The molecule has 2 heterocycles. The fourth-order valence-electron chi connectivity index (χ4n) is 4.84. The van der Waals surface area contributed by atoms with Crippen LogP contribution in [0.2, 0.25) is 0 Å². The van der Waals surface area contributed by atoms with Crippen LogP contribution in [0.15, 0.2) is 90.3 Å². The summed E-state index contributed by atoms with van der Waals surface area (Å²) in [5.74, 6) is -0.277. The molecule has 9 heteroatoms. The zero-order chi connectivity index (χ0) is 28.4. The summed E-state index contributed by atoms with van der Waals surface area (Å²) >= 11 is 1.38. The molecule has 0 atom stereocenters. The third-order valence-corrected chi connectivity index (χ3v) is 7.81. The number of aromatic nitrogens is 1. The van der Waals surface area contributed by atoms with Crippen molar-refractivity contribution in [2.24, 2.45) is 0 Å². The van der Waals surface area contributed by atoms with Crippen LogP contribution in [0.3, 0.4) is 0 Å².